The van der Waals surface area contributed by atoms with Gasteiger partial charge >= 0.3 is 0 Å². The molecule has 2 aromatic carbocycles. The summed E-state index contributed by atoms with van der Waals surface area (Å²) in [5.41, 5.74) is 2.56. The minimum absolute atomic E-state index is 0.00274. The number of rotatable bonds is 2. The summed E-state index contributed by atoms with van der Waals surface area (Å²) in [6.45, 7) is 0.593. The first-order valence-corrected chi connectivity index (χ1v) is 7.18. The highest BCUT2D eigenvalue weighted by molar-refractivity contribution is 5.99. The van der Waals surface area contributed by atoms with Crippen molar-refractivity contribution in [2.24, 2.45) is 0 Å². The molecule has 5 heteroatoms. The van der Waals surface area contributed by atoms with Gasteiger partial charge in [-0.05, 0) is 36.8 Å². The van der Waals surface area contributed by atoms with E-state index >= 15 is 0 Å². The van der Waals surface area contributed by atoms with Crippen molar-refractivity contribution < 1.29 is 13.6 Å². The first kappa shape index (κ1) is 13.0. The molecule has 3 aromatic rings. The molecular weight excluding hydrogens is 283 g/mol. The van der Waals surface area contributed by atoms with E-state index in [0.717, 1.165) is 11.9 Å². The van der Waals surface area contributed by atoms with Gasteiger partial charge in [0.15, 0.2) is 5.58 Å². The number of halogens is 1. The normalized spacial score (nSPS) is 15.0. The van der Waals surface area contributed by atoms with E-state index in [1.165, 1.54) is 12.1 Å². The van der Waals surface area contributed by atoms with Crippen molar-refractivity contribution in [1.82, 2.24) is 4.98 Å². The average molecular weight is 296 g/mol. The molecule has 4 rings (SSSR count). The van der Waals surface area contributed by atoms with Gasteiger partial charge in [-0.3, -0.25) is 4.79 Å². The van der Waals surface area contributed by atoms with Crippen molar-refractivity contribution in [3.8, 4) is 11.5 Å². The van der Waals surface area contributed by atoms with Gasteiger partial charge in [0.05, 0.1) is 11.3 Å². The number of aromatic nitrogens is 1. The van der Waals surface area contributed by atoms with E-state index in [9.17, 15) is 9.18 Å². The topological polar surface area (TPSA) is 46.3 Å². The minimum Gasteiger partial charge on any atom is -0.436 e. The Morgan fingerprint density at radius 3 is 2.82 bits per heavy atom. The van der Waals surface area contributed by atoms with Crippen molar-refractivity contribution in [2.75, 3.05) is 11.4 Å². The van der Waals surface area contributed by atoms with Crippen LogP contribution in [0.5, 0.6) is 0 Å². The summed E-state index contributed by atoms with van der Waals surface area (Å²) < 4.78 is 19.4. The highest BCUT2D eigenvalue weighted by Crippen LogP contribution is 2.35. The summed E-state index contributed by atoms with van der Waals surface area (Å²) in [6.07, 6.45) is 1.27. The first-order valence-electron chi connectivity index (χ1n) is 7.18. The fourth-order valence-corrected chi connectivity index (χ4v) is 2.80. The Morgan fingerprint density at radius 1 is 1.18 bits per heavy atom. The fraction of sp³-hybridized carbons (Fsp3) is 0.176. The van der Waals surface area contributed by atoms with Gasteiger partial charge in [-0.1, -0.05) is 12.1 Å². The van der Waals surface area contributed by atoms with Gasteiger partial charge in [-0.2, -0.15) is 0 Å². The van der Waals surface area contributed by atoms with E-state index in [-0.39, 0.29) is 11.7 Å². The van der Waals surface area contributed by atoms with Crippen molar-refractivity contribution in [2.45, 2.75) is 12.8 Å². The summed E-state index contributed by atoms with van der Waals surface area (Å²) in [7, 11) is 0. The van der Waals surface area contributed by atoms with Crippen LogP contribution in [0.4, 0.5) is 10.1 Å². The largest absolute Gasteiger partial charge is 0.436 e. The maximum absolute atomic E-state index is 13.7. The Kier molecular flexibility index (Phi) is 2.92. The molecule has 0 saturated carbocycles. The summed E-state index contributed by atoms with van der Waals surface area (Å²) >= 11 is 0. The minimum atomic E-state index is -0.380. The molecule has 1 amide bonds. The summed E-state index contributed by atoms with van der Waals surface area (Å²) in [5.74, 6) is 0.0217. The molecule has 0 atom stereocenters. The predicted molar refractivity (Wildman–Crippen MR) is 81.0 cm³/mol. The maximum Gasteiger partial charge on any atom is 0.229 e. The fourth-order valence-electron chi connectivity index (χ4n) is 2.80. The quantitative estimate of drug-likeness (QED) is 0.723. The van der Waals surface area contributed by atoms with Crippen LogP contribution in [-0.2, 0) is 4.79 Å². The summed E-state index contributed by atoms with van der Waals surface area (Å²) in [4.78, 5) is 18.0. The van der Waals surface area contributed by atoms with Crippen molar-refractivity contribution in [3.05, 3.63) is 48.3 Å². The van der Waals surface area contributed by atoms with Crippen LogP contribution in [0.15, 0.2) is 46.9 Å². The summed E-state index contributed by atoms with van der Waals surface area (Å²) in [5, 5.41) is 0. The van der Waals surface area contributed by atoms with Crippen LogP contribution in [0.2, 0.25) is 0 Å². The molecule has 1 aromatic heterocycles. The Labute approximate surface area is 126 Å². The zero-order chi connectivity index (χ0) is 15.1. The number of carbonyl (C=O) groups is 1. The first-order chi connectivity index (χ1) is 10.7. The summed E-state index contributed by atoms with van der Waals surface area (Å²) in [6, 6.07) is 11.8. The van der Waals surface area contributed by atoms with Gasteiger partial charge in [0.1, 0.15) is 11.3 Å². The molecule has 0 aliphatic carbocycles. The Hall–Kier alpha value is -2.69. The van der Waals surface area contributed by atoms with Gasteiger partial charge in [0.2, 0.25) is 11.8 Å². The molecule has 0 spiro atoms. The molecule has 110 valence electrons. The van der Waals surface area contributed by atoms with Crippen LogP contribution in [0.1, 0.15) is 12.8 Å². The average Bonchev–Trinajstić information content (AvgIpc) is 3.12. The number of fused-ring (bicyclic) bond motifs is 1. The van der Waals surface area contributed by atoms with E-state index in [0.29, 0.717) is 35.7 Å². The van der Waals surface area contributed by atoms with Crippen molar-refractivity contribution in [1.29, 1.82) is 0 Å². The molecule has 2 heterocycles. The molecule has 4 nitrogen and oxygen atoms in total. The van der Waals surface area contributed by atoms with Crippen LogP contribution in [0.3, 0.4) is 0 Å². The van der Waals surface area contributed by atoms with Crippen LogP contribution < -0.4 is 4.90 Å². The molecular formula is C17H13FN2O2. The smallest absolute Gasteiger partial charge is 0.229 e. The molecule has 1 saturated heterocycles. The Balaban J connectivity index is 1.89. The number of hydrogen-bond donors (Lipinski definition) is 0. The van der Waals surface area contributed by atoms with E-state index in [1.54, 1.807) is 11.0 Å². The second-order valence-electron chi connectivity index (χ2n) is 5.30. The van der Waals surface area contributed by atoms with Crippen LogP contribution >= 0.6 is 0 Å². The number of amides is 1. The standard InChI is InChI=1S/C17H13FN2O2/c18-11-7-8-12(14(10-11)20-9-3-6-16(20)21)17-19-13-4-1-2-5-15(13)22-17/h1-2,4-5,7-8,10H,3,6,9H2. The Bertz CT molecular complexity index is 839. The number of para-hydroxylation sites is 2. The molecule has 0 radical (unpaired) electrons. The number of hydrogen-bond acceptors (Lipinski definition) is 3. The van der Waals surface area contributed by atoms with Gasteiger partial charge in [-0.25, -0.2) is 9.37 Å². The second-order valence-corrected chi connectivity index (χ2v) is 5.30. The van der Waals surface area contributed by atoms with E-state index in [4.69, 9.17) is 4.42 Å². The van der Waals surface area contributed by atoms with Crippen LogP contribution in [-0.4, -0.2) is 17.4 Å². The lowest BCUT2D eigenvalue weighted by molar-refractivity contribution is -0.117. The van der Waals surface area contributed by atoms with Gasteiger partial charge in [0, 0.05) is 13.0 Å². The lowest BCUT2D eigenvalue weighted by Crippen LogP contribution is -2.24. The van der Waals surface area contributed by atoms with Gasteiger partial charge in [-0.15, -0.1) is 0 Å². The third-order valence-electron chi connectivity index (χ3n) is 3.85. The van der Waals surface area contributed by atoms with Gasteiger partial charge < -0.3 is 9.32 Å². The van der Waals surface area contributed by atoms with E-state index in [2.05, 4.69) is 4.98 Å². The van der Waals surface area contributed by atoms with Crippen molar-refractivity contribution in [3.63, 3.8) is 0 Å². The number of carbonyl (C=O) groups excluding carboxylic acids is 1. The SMILES string of the molecule is O=C1CCCN1c1cc(F)ccc1-c1nc2ccccc2o1. The zero-order valence-electron chi connectivity index (χ0n) is 11.8. The molecule has 22 heavy (non-hydrogen) atoms. The lowest BCUT2D eigenvalue weighted by atomic mass is 10.1. The highest BCUT2D eigenvalue weighted by Gasteiger charge is 2.26. The predicted octanol–water partition coefficient (Wildman–Crippen LogP) is 3.76. The van der Waals surface area contributed by atoms with Gasteiger partial charge in [0.25, 0.3) is 0 Å². The number of oxazole rings is 1. The van der Waals surface area contributed by atoms with Crippen molar-refractivity contribution >= 4 is 22.7 Å². The lowest BCUT2D eigenvalue weighted by Gasteiger charge is -2.18. The van der Waals surface area contributed by atoms with Crippen LogP contribution in [0.25, 0.3) is 22.6 Å². The Morgan fingerprint density at radius 2 is 2.05 bits per heavy atom. The molecule has 0 unspecified atom stereocenters. The molecule has 0 bridgehead atoms. The molecule has 1 fully saturated rings. The van der Waals surface area contributed by atoms with E-state index < -0.39 is 0 Å². The van der Waals surface area contributed by atoms with Crippen LogP contribution in [0, 0.1) is 5.82 Å². The highest BCUT2D eigenvalue weighted by atomic mass is 19.1. The number of anilines is 1. The molecule has 1 aliphatic heterocycles. The third kappa shape index (κ3) is 2.06. The molecule has 0 N–H and O–H groups in total. The number of benzene rings is 2. The maximum atomic E-state index is 13.7. The second kappa shape index (κ2) is 4.94. The third-order valence-corrected chi connectivity index (χ3v) is 3.85. The zero-order valence-corrected chi connectivity index (χ0v) is 11.8. The monoisotopic (exact) mass is 296 g/mol. The van der Waals surface area contributed by atoms with E-state index in [1.807, 2.05) is 24.3 Å². The number of nitrogens with zero attached hydrogens (tertiary/aromatic N) is 2. The molecule has 1 aliphatic rings.